The van der Waals surface area contributed by atoms with Gasteiger partial charge >= 0.3 is 6.09 Å². The lowest BCUT2D eigenvalue weighted by Gasteiger charge is -2.13. The number of carbonyl (C=O) groups excluding carboxylic acids is 2. The summed E-state index contributed by atoms with van der Waals surface area (Å²) >= 11 is 4.03. The first-order chi connectivity index (χ1) is 11.1. The summed E-state index contributed by atoms with van der Waals surface area (Å²) in [5.41, 5.74) is 1.33. The van der Waals surface area contributed by atoms with Crippen molar-refractivity contribution in [2.45, 2.75) is 6.42 Å². The van der Waals surface area contributed by atoms with Crippen molar-refractivity contribution in [2.24, 2.45) is 0 Å². The summed E-state index contributed by atoms with van der Waals surface area (Å²) in [7, 11) is 0. The van der Waals surface area contributed by atoms with E-state index in [0.29, 0.717) is 25.3 Å². The summed E-state index contributed by atoms with van der Waals surface area (Å²) < 4.78 is 6.15. The number of thiophene rings is 1. The van der Waals surface area contributed by atoms with Gasteiger partial charge in [0.2, 0.25) is 0 Å². The summed E-state index contributed by atoms with van der Waals surface area (Å²) in [5.74, 6) is -0.105. The Balaban J connectivity index is 1.54. The monoisotopic (exact) mass is 442 g/mol. The molecule has 0 aliphatic carbocycles. The van der Waals surface area contributed by atoms with Crippen LogP contribution in [0, 0.1) is 2.88 Å². The molecule has 0 bridgehead atoms. The summed E-state index contributed by atoms with van der Waals surface area (Å²) in [6, 6.07) is 11.1. The van der Waals surface area contributed by atoms with Crippen LogP contribution in [-0.2, 0) is 11.2 Å². The second-order valence-corrected chi connectivity index (χ2v) is 8.09. The van der Waals surface area contributed by atoms with Gasteiger partial charge in [-0.25, -0.2) is 4.79 Å². The zero-order valence-electron chi connectivity index (χ0n) is 12.3. The van der Waals surface area contributed by atoms with Gasteiger partial charge in [0, 0.05) is 22.7 Å². The molecule has 2 amide bonds. The number of benzene rings is 1. The first-order valence-electron chi connectivity index (χ1n) is 7.20. The molecule has 1 saturated heterocycles. The topological polar surface area (TPSA) is 58.6 Å². The third-order valence-electron chi connectivity index (χ3n) is 3.49. The van der Waals surface area contributed by atoms with Gasteiger partial charge in [-0.05, 0) is 65.4 Å². The fraction of sp³-hybridized carbons (Fsp3) is 0.250. The number of amides is 2. The Morgan fingerprint density at radius 1 is 1.26 bits per heavy atom. The number of nitrogens with zero attached hydrogens (tertiary/aromatic N) is 1. The summed E-state index contributed by atoms with van der Waals surface area (Å²) in [6.07, 6.45) is 0.490. The molecule has 0 saturated carbocycles. The normalized spacial score (nSPS) is 14.0. The second-order valence-electron chi connectivity index (χ2n) is 5.02. The molecule has 0 spiro atoms. The highest BCUT2D eigenvalue weighted by atomic mass is 127. The molecule has 23 heavy (non-hydrogen) atoms. The Kier molecular flexibility index (Phi) is 5.16. The zero-order chi connectivity index (χ0) is 16.2. The second kappa shape index (κ2) is 7.31. The minimum Gasteiger partial charge on any atom is -0.447 e. The molecule has 1 aromatic carbocycles. The lowest BCUT2D eigenvalue weighted by atomic mass is 10.2. The van der Waals surface area contributed by atoms with Crippen LogP contribution in [0.2, 0.25) is 0 Å². The van der Waals surface area contributed by atoms with Crippen LogP contribution in [0.4, 0.5) is 10.5 Å². The maximum atomic E-state index is 12.1. The molecule has 0 radical (unpaired) electrons. The molecule has 1 fully saturated rings. The van der Waals surface area contributed by atoms with Gasteiger partial charge in [-0.3, -0.25) is 9.69 Å². The van der Waals surface area contributed by atoms with E-state index in [1.165, 1.54) is 7.76 Å². The molecular formula is C16H15IN2O3S. The molecule has 0 unspecified atom stereocenters. The van der Waals surface area contributed by atoms with Gasteiger partial charge in [0.25, 0.3) is 5.91 Å². The summed E-state index contributed by atoms with van der Waals surface area (Å²) in [4.78, 5) is 26.4. The predicted molar refractivity (Wildman–Crippen MR) is 98.2 cm³/mol. The van der Waals surface area contributed by atoms with Gasteiger partial charge in [-0.1, -0.05) is 0 Å². The van der Waals surface area contributed by atoms with Gasteiger partial charge in [0.15, 0.2) is 0 Å². The van der Waals surface area contributed by atoms with Crippen molar-refractivity contribution in [3.8, 4) is 0 Å². The van der Waals surface area contributed by atoms with E-state index in [-0.39, 0.29) is 12.0 Å². The lowest BCUT2D eigenvalue weighted by Crippen LogP contribution is -2.26. The number of halogens is 1. The molecular weight excluding hydrogens is 427 g/mol. The van der Waals surface area contributed by atoms with E-state index in [1.807, 2.05) is 0 Å². The highest BCUT2D eigenvalue weighted by molar-refractivity contribution is 14.1. The zero-order valence-corrected chi connectivity index (χ0v) is 15.2. The molecule has 120 valence electrons. The van der Waals surface area contributed by atoms with Crippen molar-refractivity contribution >= 4 is 51.6 Å². The quantitative estimate of drug-likeness (QED) is 0.724. The standard InChI is InChI=1S/C16H15IN2O3S/c17-14-6-5-13(23-14)7-8-18-15(20)11-1-3-12(4-2-11)19-9-10-22-16(19)21/h1-6H,7-10H2,(H,18,20). The predicted octanol–water partition coefficient (Wildman–Crippen LogP) is 3.28. The number of hydrogen-bond donors (Lipinski definition) is 1. The van der Waals surface area contributed by atoms with Crippen molar-refractivity contribution in [1.29, 1.82) is 0 Å². The Morgan fingerprint density at radius 2 is 2.04 bits per heavy atom. The van der Waals surface area contributed by atoms with Crippen molar-refractivity contribution in [1.82, 2.24) is 5.32 Å². The molecule has 5 nitrogen and oxygen atoms in total. The molecule has 1 N–H and O–H groups in total. The Bertz CT molecular complexity index is 714. The average Bonchev–Trinajstić information content (AvgIpc) is 3.16. The smallest absolute Gasteiger partial charge is 0.414 e. The third kappa shape index (κ3) is 4.03. The van der Waals surface area contributed by atoms with Gasteiger partial charge in [-0.15, -0.1) is 11.3 Å². The van der Waals surface area contributed by atoms with Gasteiger partial charge in [0.05, 0.1) is 9.43 Å². The average molecular weight is 442 g/mol. The van der Waals surface area contributed by atoms with Crippen LogP contribution < -0.4 is 10.2 Å². The molecule has 3 rings (SSSR count). The highest BCUT2D eigenvalue weighted by Gasteiger charge is 2.23. The number of nitrogens with one attached hydrogen (secondary N) is 1. The van der Waals surface area contributed by atoms with E-state index in [1.54, 1.807) is 40.5 Å². The van der Waals surface area contributed by atoms with Crippen molar-refractivity contribution < 1.29 is 14.3 Å². The molecule has 7 heteroatoms. The van der Waals surface area contributed by atoms with Crippen molar-refractivity contribution in [3.63, 3.8) is 0 Å². The molecule has 1 aliphatic heterocycles. The van der Waals surface area contributed by atoms with Crippen LogP contribution >= 0.6 is 33.9 Å². The number of carbonyl (C=O) groups is 2. The number of hydrogen-bond acceptors (Lipinski definition) is 4. The minimum atomic E-state index is -0.340. The minimum absolute atomic E-state index is 0.105. The molecule has 2 heterocycles. The molecule has 1 aromatic heterocycles. The fourth-order valence-corrected chi connectivity index (χ4v) is 4.06. The lowest BCUT2D eigenvalue weighted by molar-refractivity contribution is 0.0954. The van der Waals surface area contributed by atoms with Crippen LogP contribution in [0.1, 0.15) is 15.2 Å². The number of ether oxygens (including phenoxy) is 1. The third-order valence-corrected chi connectivity index (χ3v) is 5.44. The van der Waals surface area contributed by atoms with E-state index in [0.717, 1.165) is 12.1 Å². The Labute approximate surface area is 151 Å². The molecule has 1 aliphatic rings. The van der Waals surface area contributed by atoms with Gasteiger partial charge in [-0.2, -0.15) is 0 Å². The Morgan fingerprint density at radius 3 is 2.65 bits per heavy atom. The van der Waals surface area contributed by atoms with E-state index >= 15 is 0 Å². The van der Waals surface area contributed by atoms with Gasteiger partial charge in [0.1, 0.15) is 6.61 Å². The molecule has 0 atom stereocenters. The van der Waals surface area contributed by atoms with Crippen LogP contribution in [0.3, 0.4) is 0 Å². The summed E-state index contributed by atoms with van der Waals surface area (Å²) in [5, 5.41) is 2.91. The van der Waals surface area contributed by atoms with E-state index in [9.17, 15) is 9.59 Å². The molecule has 2 aromatic rings. The first-order valence-corrected chi connectivity index (χ1v) is 9.10. The van der Waals surface area contributed by atoms with Crippen molar-refractivity contribution in [3.05, 3.63) is 49.7 Å². The van der Waals surface area contributed by atoms with Gasteiger partial charge < -0.3 is 10.1 Å². The van der Waals surface area contributed by atoms with E-state index < -0.39 is 0 Å². The first kappa shape index (κ1) is 16.3. The van der Waals surface area contributed by atoms with E-state index in [2.05, 4.69) is 40.0 Å². The highest BCUT2D eigenvalue weighted by Crippen LogP contribution is 2.20. The maximum absolute atomic E-state index is 12.1. The SMILES string of the molecule is O=C(NCCc1ccc(I)s1)c1ccc(N2CCOC2=O)cc1. The Hall–Kier alpha value is -1.61. The van der Waals surface area contributed by atoms with Crippen LogP contribution in [0.15, 0.2) is 36.4 Å². The number of rotatable bonds is 5. The van der Waals surface area contributed by atoms with Crippen LogP contribution in [0.5, 0.6) is 0 Å². The summed E-state index contributed by atoms with van der Waals surface area (Å²) in [6.45, 7) is 1.56. The van der Waals surface area contributed by atoms with Crippen LogP contribution in [-0.4, -0.2) is 31.7 Å². The largest absolute Gasteiger partial charge is 0.447 e. The number of anilines is 1. The van der Waals surface area contributed by atoms with Crippen molar-refractivity contribution in [2.75, 3.05) is 24.6 Å². The van der Waals surface area contributed by atoms with Crippen LogP contribution in [0.25, 0.3) is 0 Å². The number of cyclic esters (lactones) is 1. The maximum Gasteiger partial charge on any atom is 0.414 e. The fourth-order valence-electron chi connectivity index (χ4n) is 2.31. The van der Waals surface area contributed by atoms with E-state index in [4.69, 9.17) is 4.74 Å².